The highest BCUT2D eigenvalue weighted by Gasteiger charge is 2.23. The van der Waals surface area contributed by atoms with Gasteiger partial charge in [0.1, 0.15) is 5.82 Å². The molecule has 3 rings (SSSR count). The second-order valence-electron chi connectivity index (χ2n) is 8.49. The fourth-order valence-corrected chi connectivity index (χ4v) is 3.33. The van der Waals surface area contributed by atoms with Crippen molar-refractivity contribution in [3.63, 3.8) is 0 Å². The second kappa shape index (κ2) is 9.70. The normalized spacial score (nSPS) is 16.9. The average Bonchev–Trinajstić information content (AvgIpc) is 2.72. The van der Waals surface area contributed by atoms with Gasteiger partial charge in [-0.2, -0.15) is 0 Å². The smallest absolute Gasteiger partial charge is 0.423 e. The minimum absolute atomic E-state index is 0.00610. The molecule has 2 aromatic rings. The van der Waals surface area contributed by atoms with Gasteiger partial charge in [0.25, 0.3) is 5.91 Å². The van der Waals surface area contributed by atoms with Crippen LogP contribution >= 0.6 is 0 Å². The number of nitrogens with zero attached hydrogens (tertiary/aromatic N) is 1. The van der Waals surface area contributed by atoms with E-state index >= 15 is 0 Å². The minimum atomic E-state index is -1.71. The van der Waals surface area contributed by atoms with Crippen molar-refractivity contribution in [2.24, 2.45) is 0 Å². The third-order valence-corrected chi connectivity index (χ3v) is 5.17. The molecule has 1 amide bonds. The second-order valence-corrected chi connectivity index (χ2v) is 8.49. The lowest BCUT2D eigenvalue weighted by atomic mass is 9.77. The number of rotatable bonds is 6. The lowest BCUT2D eigenvalue weighted by molar-refractivity contribution is -0.168. The highest BCUT2D eigenvalue weighted by atomic mass is 16.7. The largest absolute Gasteiger partial charge is 0.488 e. The number of amides is 1. The predicted octanol–water partition coefficient (Wildman–Crippen LogP) is 2.35. The minimum Gasteiger partial charge on any atom is -0.423 e. The zero-order valence-electron chi connectivity index (χ0n) is 17.7. The SMILES string of the molecule is CC(C)(C)c1ccc(C(=O)Nc2nccc(B(O)O)c2COC2CCCCO2)cc1. The van der Waals surface area contributed by atoms with Crippen LogP contribution in [0.3, 0.4) is 0 Å². The van der Waals surface area contributed by atoms with E-state index in [1.54, 1.807) is 12.1 Å². The maximum Gasteiger partial charge on any atom is 0.488 e. The molecule has 3 N–H and O–H groups in total. The fraction of sp³-hybridized carbons (Fsp3) is 0.455. The van der Waals surface area contributed by atoms with Gasteiger partial charge in [0.05, 0.1) is 6.61 Å². The molecule has 0 radical (unpaired) electrons. The topological polar surface area (TPSA) is 101 Å². The number of anilines is 1. The molecule has 1 aromatic carbocycles. The first-order chi connectivity index (χ1) is 14.3. The zero-order chi connectivity index (χ0) is 21.7. The summed E-state index contributed by atoms with van der Waals surface area (Å²) >= 11 is 0. The molecular formula is C22H29BN2O5. The van der Waals surface area contributed by atoms with Crippen LogP contribution in [0.5, 0.6) is 0 Å². The molecule has 7 nitrogen and oxygen atoms in total. The summed E-state index contributed by atoms with van der Waals surface area (Å²) in [6.45, 7) is 7.02. The monoisotopic (exact) mass is 412 g/mol. The molecule has 8 heteroatoms. The van der Waals surface area contributed by atoms with Crippen molar-refractivity contribution in [3.05, 3.63) is 53.2 Å². The first-order valence-corrected chi connectivity index (χ1v) is 10.2. The quantitative estimate of drug-likeness (QED) is 0.630. The number of ether oxygens (including phenoxy) is 2. The summed E-state index contributed by atoms with van der Waals surface area (Å²) in [5.41, 5.74) is 2.26. The van der Waals surface area contributed by atoms with E-state index in [1.807, 2.05) is 12.1 Å². The summed E-state index contributed by atoms with van der Waals surface area (Å²) in [6, 6.07) is 8.90. The van der Waals surface area contributed by atoms with Crippen LogP contribution in [0.2, 0.25) is 0 Å². The third kappa shape index (κ3) is 5.67. The number of nitrogens with one attached hydrogen (secondary N) is 1. The maximum atomic E-state index is 12.8. The Morgan fingerprint density at radius 3 is 2.57 bits per heavy atom. The van der Waals surface area contributed by atoms with Gasteiger partial charge in [0.2, 0.25) is 0 Å². The van der Waals surface area contributed by atoms with Crippen LogP contribution in [0.1, 0.15) is 61.5 Å². The Bertz CT molecular complexity index is 859. The summed E-state index contributed by atoms with van der Waals surface area (Å²) in [6.07, 6.45) is 3.87. The Kier molecular flexibility index (Phi) is 7.25. The molecule has 1 fully saturated rings. The number of pyridine rings is 1. The van der Waals surface area contributed by atoms with E-state index in [9.17, 15) is 14.8 Å². The molecule has 1 aromatic heterocycles. The third-order valence-electron chi connectivity index (χ3n) is 5.17. The molecule has 1 aliphatic rings. The van der Waals surface area contributed by atoms with Crippen LogP contribution in [-0.4, -0.2) is 41.0 Å². The van der Waals surface area contributed by atoms with Gasteiger partial charge in [0, 0.05) is 23.9 Å². The zero-order valence-corrected chi connectivity index (χ0v) is 17.7. The van der Waals surface area contributed by atoms with E-state index in [0.717, 1.165) is 24.8 Å². The first-order valence-electron chi connectivity index (χ1n) is 10.2. The maximum absolute atomic E-state index is 12.8. The molecule has 1 aliphatic heterocycles. The molecule has 0 spiro atoms. The summed E-state index contributed by atoms with van der Waals surface area (Å²) in [5.74, 6) is -0.0935. The van der Waals surface area contributed by atoms with Crippen molar-refractivity contribution < 1.29 is 24.3 Å². The van der Waals surface area contributed by atoms with Crippen molar-refractivity contribution in [1.29, 1.82) is 0 Å². The van der Waals surface area contributed by atoms with E-state index < -0.39 is 7.12 Å². The number of hydrogen-bond acceptors (Lipinski definition) is 6. The Morgan fingerprint density at radius 2 is 1.97 bits per heavy atom. The molecular weight excluding hydrogens is 383 g/mol. The van der Waals surface area contributed by atoms with Gasteiger partial charge in [-0.3, -0.25) is 4.79 Å². The summed E-state index contributed by atoms with van der Waals surface area (Å²) in [4.78, 5) is 17.0. The van der Waals surface area contributed by atoms with Crippen molar-refractivity contribution in [3.8, 4) is 0 Å². The summed E-state index contributed by atoms with van der Waals surface area (Å²) < 4.78 is 11.4. The average molecular weight is 412 g/mol. The van der Waals surface area contributed by atoms with Crippen molar-refractivity contribution in [1.82, 2.24) is 4.98 Å². The molecule has 0 saturated carbocycles. The first kappa shape index (κ1) is 22.4. The Balaban J connectivity index is 1.78. The Hall–Kier alpha value is -2.26. The van der Waals surface area contributed by atoms with Crippen LogP contribution in [0.25, 0.3) is 0 Å². The fourth-order valence-electron chi connectivity index (χ4n) is 3.33. The van der Waals surface area contributed by atoms with E-state index in [1.165, 1.54) is 12.3 Å². The van der Waals surface area contributed by atoms with Gasteiger partial charge in [-0.05, 0) is 53.9 Å². The van der Waals surface area contributed by atoms with Gasteiger partial charge >= 0.3 is 7.12 Å². The van der Waals surface area contributed by atoms with Gasteiger partial charge in [-0.1, -0.05) is 32.9 Å². The van der Waals surface area contributed by atoms with E-state index in [-0.39, 0.29) is 35.5 Å². The van der Waals surface area contributed by atoms with Gasteiger partial charge in [0.15, 0.2) is 6.29 Å². The molecule has 0 aliphatic carbocycles. The lowest BCUT2D eigenvalue weighted by Crippen LogP contribution is -2.35. The van der Waals surface area contributed by atoms with Crippen molar-refractivity contribution >= 4 is 24.3 Å². The molecule has 1 atom stereocenters. The lowest BCUT2D eigenvalue weighted by Gasteiger charge is -2.24. The number of carbonyl (C=O) groups excluding carboxylic acids is 1. The standard InChI is InChI=1S/C22H29BN2O5/c1-22(2,3)16-9-7-15(8-10-16)21(26)25-20-17(18(23(27)28)11-12-24-20)14-30-19-6-4-5-13-29-19/h7-12,19,27-28H,4-6,13-14H2,1-3H3,(H,24,25,26). The predicted molar refractivity (Wildman–Crippen MR) is 116 cm³/mol. The number of aromatic nitrogens is 1. The highest BCUT2D eigenvalue weighted by Crippen LogP contribution is 2.23. The van der Waals surface area contributed by atoms with Gasteiger partial charge < -0.3 is 24.8 Å². The molecule has 30 heavy (non-hydrogen) atoms. The van der Waals surface area contributed by atoms with Crippen LogP contribution in [0, 0.1) is 0 Å². The molecule has 1 saturated heterocycles. The van der Waals surface area contributed by atoms with Crippen molar-refractivity contribution in [2.75, 3.05) is 11.9 Å². The van der Waals surface area contributed by atoms with Crippen LogP contribution in [-0.2, 0) is 21.5 Å². The summed E-state index contributed by atoms with van der Waals surface area (Å²) in [5, 5.41) is 22.3. The van der Waals surface area contributed by atoms with Gasteiger partial charge in [-0.25, -0.2) is 4.98 Å². The highest BCUT2D eigenvalue weighted by molar-refractivity contribution is 6.59. The molecule has 160 valence electrons. The van der Waals surface area contributed by atoms with Crippen LogP contribution < -0.4 is 10.8 Å². The number of hydrogen-bond donors (Lipinski definition) is 3. The van der Waals surface area contributed by atoms with Crippen molar-refractivity contribution in [2.45, 2.75) is 58.3 Å². The van der Waals surface area contributed by atoms with E-state index in [2.05, 4.69) is 31.1 Å². The number of carbonyl (C=O) groups is 1. The van der Waals surface area contributed by atoms with E-state index in [0.29, 0.717) is 17.7 Å². The summed E-state index contributed by atoms with van der Waals surface area (Å²) in [7, 11) is -1.71. The van der Waals surface area contributed by atoms with Crippen LogP contribution in [0.15, 0.2) is 36.5 Å². The molecule has 2 heterocycles. The van der Waals surface area contributed by atoms with Gasteiger partial charge in [-0.15, -0.1) is 0 Å². The molecule has 1 unspecified atom stereocenters. The molecule has 0 bridgehead atoms. The number of benzene rings is 1. The van der Waals surface area contributed by atoms with Crippen LogP contribution in [0.4, 0.5) is 5.82 Å². The Labute approximate surface area is 177 Å². The Morgan fingerprint density at radius 1 is 1.23 bits per heavy atom. The van der Waals surface area contributed by atoms with E-state index in [4.69, 9.17) is 9.47 Å².